The van der Waals surface area contributed by atoms with Crippen LogP contribution in [0.2, 0.25) is 0 Å². The van der Waals surface area contributed by atoms with Crippen molar-refractivity contribution in [2.24, 2.45) is 0 Å². The van der Waals surface area contributed by atoms with E-state index in [1.165, 1.54) is 12.1 Å². The molecule has 2 aromatic heterocycles. The molecular weight excluding hydrogens is 555 g/mol. The van der Waals surface area contributed by atoms with E-state index < -0.39 is 42.3 Å². The lowest BCUT2D eigenvalue weighted by atomic mass is 10.1. The Bertz CT molecular complexity index is 1310. The van der Waals surface area contributed by atoms with Crippen molar-refractivity contribution < 1.29 is 40.3 Å². The van der Waals surface area contributed by atoms with Gasteiger partial charge in [-0.1, -0.05) is 0 Å². The van der Waals surface area contributed by atoms with Crippen LogP contribution in [-0.2, 0) is 12.6 Å². The van der Waals surface area contributed by atoms with E-state index in [9.17, 15) is 35.5 Å². The second kappa shape index (κ2) is 11.4. The monoisotopic (exact) mass is 577 g/mol. The maximum Gasteiger partial charge on any atom is 0.434 e. The molecule has 0 unspecified atom stereocenters. The van der Waals surface area contributed by atoms with E-state index >= 15 is 0 Å². The summed E-state index contributed by atoms with van der Waals surface area (Å²) in [4.78, 5) is 22.3. The number of amides is 1. The number of hydrogen-bond donors (Lipinski definition) is 1. The van der Waals surface area contributed by atoms with Crippen molar-refractivity contribution in [1.29, 1.82) is 0 Å². The third kappa shape index (κ3) is 7.62. The number of carbonyl (C=O) groups is 1. The normalized spacial score (nSPS) is 16.5. The number of nitrogens with one attached hydrogen (secondary N) is 1. The van der Waals surface area contributed by atoms with Crippen molar-refractivity contribution in [2.75, 3.05) is 25.0 Å². The fraction of sp³-hybridized carbons (Fsp3) is 0.417. The van der Waals surface area contributed by atoms with Crippen LogP contribution in [0.1, 0.15) is 45.2 Å². The van der Waals surface area contributed by atoms with Crippen LogP contribution in [0.25, 0.3) is 0 Å². The molecule has 1 atom stereocenters. The molecule has 0 bridgehead atoms. The molecule has 0 spiro atoms. The molecule has 1 N–H and O–H groups in total. The molecule has 0 radical (unpaired) electrons. The number of halogens is 7. The van der Waals surface area contributed by atoms with Crippen molar-refractivity contribution in [2.45, 2.75) is 44.6 Å². The van der Waals surface area contributed by atoms with Crippen molar-refractivity contribution >= 4 is 23.1 Å². The predicted molar refractivity (Wildman–Crippen MR) is 127 cm³/mol. The molecule has 39 heavy (non-hydrogen) atoms. The molecule has 3 heterocycles. The molecule has 7 nitrogen and oxygen atoms in total. The van der Waals surface area contributed by atoms with Gasteiger partial charge in [-0.05, 0) is 37.0 Å². The van der Waals surface area contributed by atoms with Crippen molar-refractivity contribution in [3.63, 3.8) is 0 Å². The Morgan fingerprint density at radius 1 is 1.18 bits per heavy atom. The fourth-order valence-electron chi connectivity index (χ4n) is 4.01. The van der Waals surface area contributed by atoms with Crippen LogP contribution in [0.15, 0.2) is 30.6 Å². The first-order valence-electron chi connectivity index (χ1n) is 11.7. The fourth-order valence-corrected chi connectivity index (χ4v) is 4.89. The van der Waals surface area contributed by atoms with Crippen molar-refractivity contribution in [1.82, 2.24) is 19.2 Å². The van der Waals surface area contributed by atoms with Gasteiger partial charge in [0.2, 0.25) is 0 Å². The third-order valence-electron chi connectivity index (χ3n) is 5.92. The van der Waals surface area contributed by atoms with Crippen LogP contribution in [0, 0.1) is 12.7 Å². The maximum atomic E-state index is 14.4. The van der Waals surface area contributed by atoms with Crippen LogP contribution in [-0.4, -0.2) is 57.1 Å². The van der Waals surface area contributed by atoms with E-state index in [2.05, 4.69) is 19.7 Å². The minimum Gasteiger partial charge on any atom is -0.486 e. The lowest BCUT2D eigenvalue weighted by molar-refractivity contribution is -0.141. The molecule has 0 saturated carbocycles. The van der Waals surface area contributed by atoms with E-state index in [0.29, 0.717) is 29.7 Å². The minimum absolute atomic E-state index is 0.0176. The molecular formula is C24H22F7N5O2S. The van der Waals surface area contributed by atoms with Crippen LogP contribution >= 0.6 is 11.5 Å². The van der Waals surface area contributed by atoms with Crippen LogP contribution in [0.4, 0.5) is 36.4 Å². The van der Waals surface area contributed by atoms with Gasteiger partial charge in [0.1, 0.15) is 6.10 Å². The highest BCUT2D eigenvalue weighted by molar-refractivity contribution is 7.06. The van der Waals surface area contributed by atoms with E-state index in [1.807, 2.05) is 0 Å². The number of alkyl halides is 6. The predicted octanol–water partition coefficient (Wildman–Crippen LogP) is 5.65. The number of likely N-dealkylation sites (tertiary alicyclic amines) is 1. The highest BCUT2D eigenvalue weighted by Crippen LogP contribution is 2.29. The van der Waals surface area contributed by atoms with Gasteiger partial charge in [0, 0.05) is 48.9 Å². The maximum absolute atomic E-state index is 14.4. The molecule has 1 amide bonds. The second-order valence-electron chi connectivity index (χ2n) is 8.93. The molecule has 1 saturated heterocycles. The molecule has 3 aromatic rings. The van der Waals surface area contributed by atoms with E-state index in [0.717, 1.165) is 23.8 Å². The van der Waals surface area contributed by atoms with Crippen molar-refractivity contribution in [3.05, 3.63) is 63.9 Å². The highest BCUT2D eigenvalue weighted by atomic mass is 32.1. The van der Waals surface area contributed by atoms with Crippen LogP contribution in [0.5, 0.6) is 5.75 Å². The topological polar surface area (TPSA) is 80.2 Å². The number of carbonyl (C=O) groups excluding carboxylic acids is 1. The SMILES string of the molecule is Cc1nsc(Cc2cnc(C(F)(F)F)cn2)c1C(=O)Nc1ccc(F)c(O[C@@H]2CCN(CCC(F)(F)F)C2)c1. The molecule has 1 aliphatic heterocycles. The zero-order chi connectivity index (χ0) is 28.4. The summed E-state index contributed by atoms with van der Waals surface area (Å²) in [7, 11) is 0. The highest BCUT2D eigenvalue weighted by Gasteiger charge is 2.33. The summed E-state index contributed by atoms with van der Waals surface area (Å²) in [5.41, 5.74) is -0.140. The summed E-state index contributed by atoms with van der Waals surface area (Å²) in [6, 6.07) is 3.70. The smallest absolute Gasteiger partial charge is 0.434 e. The number of aromatic nitrogens is 3. The Balaban J connectivity index is 1.41. The number of ether oxygens (including phenoxy) is 1. The molecule has 15 heteroatoms. The summed E-state index contributed by atoms with van der Waals surface area (Å²) in [5, 5.41) is 2.64. The lowest BCUT2D eigenvalue weighted by Crippen LogP contribution is -2.28. The second-order valence-corrected chi connectivity index (χ2v) is 9.79. The molecule has 1 aromatic carbocycles. The van der Waals surface area contributed by atoms with Crippen LogP contribution in [0.3, 0.4) is 0 Å². The molecule has 1 aliphatic rings. The van der Waals surface area contributed by atoms with Gasteiger partial charge in [-0.3, -0.25) is 14.7 Å². The first kappa shape index (κ1) is 28.7. The zero-order valence-electron chi connectivity index (χ0n) is 20.4. The first-order chi connectivity index (χ1) is 18.3. The summed E-state index contributed by atoms with van der Waals surface area (Å²) in [6.07, 6.45) is -8.32. The summed E-state index contributed by atoms with van der Waals surface area (Å²) < 4.78 is 99.9. The number of aryl methyl sites for hydroxylation is 1. The van der Waals surface area contributed by atoms with Gasteiger partial charge in [-0.25, -0.2) is 9.37 Å². The summed E-state index contributed by atoms with van der Waals surface area (Å²) in [5.74, 6) is -1.43. The van der Waals surface area contributed by atoms with E-state index in [4.69, 9.17) is 4.74 Å². The average molecular weight is 578 g/mol. The van der Waals surface area contributed by atoms with E-state index in [-0.39, 0.29) is 42.2 Å². The molecule has 1 fully saturated rings. The van der Waals surface area contributed by atoms with Crippen molar-refractivity contribution in [3.8, 4) is 5.75 Å². The van der Waals surface area contributed by atoms with Gasteiger partial charge < -0.3 is 10.1 Å². The number of anilines is 1. The standard InChI is InChI=1S/C24H22F7N5O2S/c1-13-21(19(39-35-13)9-15-10-33-20(11-32-15)24(29,30)31)22(37)34-14-2-3-17(25)18(8-14)38-16-4-6-36(12-16)7-5-23(26,27)28/h2-3,8,10-11,16H,4-7,9,12H2,1H3,(H,34,37)/t16-/m1/s1. The number of hydrogen-bond acceptors (Lipinski definition) is 7. The first-order valence-corrected chi connectivity index (χ1v) is 12.5. The Labute approximate surface area is 222 Å². The summed E-state index contributed by atoms with van der Waals surface area (Å²) in [6.45, 7) is 2.02. The number of nitrogens with zero attached hydrogens (tertiary/aromatic N) is 4. The zero-order valence-corrected chi connectivity index (χ0v) is 21.2. The quantitative estimate of drug-likeness (QED) is 0.349. The third-order valence-corrected chi connectivity index (χ3v) is 6.86. The van der Waals surface area contributed by atoms with Crippen LogP contribution < -0.4 is 10.1 Å². The number of rotatable bonds is 8. The van der Waals surface area contributed by atoms with E-state index in [1.54, 1.807) is 11.8 Å². The largest absolute Gasteiger partial charge is 0.486 e. The van der Waals surface area contributed by atoms with Gasteiger partial charge in [0.15, 0.2) is 17.3 Å². The van der Waals surface area contributed by atoms with Gasteiger partial charge in [0.25, 0.3) is 5.91 Å². The van der Waals surface area contributed by atoms with Gasteiger partial charge >= 0.3 is 12.4 Å². The van der Waals surface area contributed by atoms with Gasteiger partial charge in [0.05, 0.1) is 29.6 Å². The molecule has 0 aliphatic carbocycles. The minimum atomic E-state index is -4.63. The Morgan fingerprint density at radius 3 is 2.62 bits per heavy atom. The van der Waals surface area contributed by atoms with Gasteiger partial charge in [-0.2, -0.15) is 30.7 Å². The number of benzene rings is 1. The Morgan fingerprint density at radius 2 is 1.95 bits per heavy atom. The molecule has 210 valence electrons. The Hall–Kier alpha value is -3.33. The Kier molecular flexibility index (Phi) is 8.39. The lowest BCUT2D eigenvalue weighted by Gasteiger charge is -2.18. The average Bonchev–Trinajstić information content (AvgIpc) is 3.45. The van der Waals surface area contributed by atoms with Gasteiger partial charge in [-0.15, -0.1) is 0 Å². The molecule has 4 rings (SSSR count). The summed E-state index contributed by atoms with van der Waals surface area (Å²) >= 11 is 0.992.